The molecule has 0 saturated heterocycles. The lowest BCUT2D eigenvalue weighted by molar-refractivity contribution is 0.0698. The number of hydrogen-bond donors (Lipinski definition) is 1. The molecule has 8 heteroatoms. The van der Waals surface area contributed by atoms with Crippen molar-refractivity contribution in [3.63, 3.8) is 0 Å². The predicted octanol–water partition coefficient (Wildman–Crippen LogP) is 4.91. The van der Waals surface area contributed by atoms with Crippen molar-refractivity contribution in [3.05, 3.63) is 147 Å². The van der Waals surface area contributed by atoms with Crippen molar-refractivity contribution in [2.45, 2.75) is 18.9 Å². The van der Waals surface area contributed by atoms with Crippen LogP contribution in [0.3, 0.4) is 0 Å². The van der Waals surface area contributed by atoms with E-state index in [2.05, 4.69) is 4.98 Å². The van der Waals surface area contributed by atoms with Gasteiger partial charge in [-0.05, 0) is 67.1 Å². The Labute approximate surface area is 231 Å². The zero-order valence-electron chi connectivity index (χ0n) is 21.3. The molecular formula is C31H28ClN5O2. The maximum atomic E-state index is 14.1. The number of nitrogens with zero attached hydrogens (tertiary/aromatic N) is 4. The Bertz CT molecular complexity index is 1620. The summed E-state index contributed by atoms with van der Waals surface area (Å²) in [6.45, 7) is 0.740. The molecule has 2 aromatic carbocycles. The fourth-order valence-corrected chi connectivity index (χ4v) is 4.81. The summed E-state index contributed by atoms with van der Waals surface area (Å²) >= 11 is 6.11. The summed E-state index contributed by atoms with van der Waals surface area (Å²) in [5.74, 6) is -0.225. The second kappa shape index (κ2) is 12.0. The van der Waals surface area contributed by atoms with Crippen LogP contribution < -0.4 is 11.3 Å². The molecule has 0 aliphatic heterocycles. The Balaban J connectivity index is 1.76. The van der Waals surface area contributed by atoms with E-state index < -0.39 is 6.04 Å². The molecule has 0 bridgehead atoms. The fourth-order valence-electron chi connectivity index (χ4n) is 4.69. The normalized spacial score (nSPS) is 11.8. The maximum Gasteiger partial charge on any atom is 0.261 e. The first kappa shape index (κ1) is 26.3. The van der Waals surface area contributed by atoms with Crippen molar-refractivity contribution in [1.82, 2.24) is 19.3 Å². The average Bonchev–Trinajstić information content (AvgIpc) is 2.98. The third kappa shape index (κ3) is 5.74. The number of amides is 1. The van der Waals surface area contributed by atoms with Crippen LogP contribution in [0.4, 0.5) is 0 Å². The minimum atomic E-state index is -0.724. The maximum absolute atomic E-state index is 14.1. The molecule has 2 N–H and O–H groups in total. The molecule has 5 rings (SSSR count). The van der Waals surface area contributed by atoms with E-state index in [9.17, 15) is 9.59 Å². The van der Waals surface area contributed by atoms with Crippen LogP contribution in [-0.2, 0) is 6.42 Å². The molecule has 0 aliphatic rings. The fraction of sp³-hybridized carbons (Fsp3) is 0.161. The minimum Gasteiger partial charge on any atom is -0.330 e. The van der Waals surface area contributed by atoms with Crippen molar-refractivity contribution in [2.75, 3.05) is 13.1 Å². The van der Waals surface area contributed by atoms with E-state index in [1.165, 1.54) is 0 Å². The summed E-state index contributed by atoms with van der Waals surface area (Å²) in [5.41, 5.74) is 9.26. The second-order valence-electron chi connectivity index (χ2n) is 9.18. The molecule has 0 aliphatic carbocycles. The lowest BCUT2D eigenvalue weighted by Gasteiger charge is -2.32. The van der Waals surface area contributed by atoms with Crippen LogP contribution in [0.2, 0.25) is 5.02 Å². The molecule has 1 atom stereocenters. The predicted molar refractivity (Wildman–Crippen MR) is 153 cm³/mol. The molecular weight excluding hydrogens is 510 g/mol. The first-order chi connectivity index (χ1) is 19.1. The molecule has 7 nitrogen and oxygen atoms in total. The summed E-state index contributed by atoms with van der Waals surface area (Å²) < 4.78 is 1.54. The second-order valence-corrected chi connectivity index (χ2v) is 9.61. The number of benzene rings is 2. The van der Waals surface area contributed by atoms with Gasteiger partial charge in [-0.15, -0.1) is 0 Å². The monoisotopic (exact) mass is 537 g/mol. The summed E-state index contributed by atoms with van der Waals surface area (Å²) in [5, 5.41) is 0.538. The van der Waals surface area contributed by atoms with Crippen molar-refractivity contribution in [2.24, 2.45) is 5.73 Å². The number of halogens is 1. The van der Waals surface area contributed by atoms with E-state index in [1.807, 2.05) is 54.6 Å². The number of fused-ring (bicyclic) bond motifs is 1. The summed E-state index contributed by atoms with van der Waals surface area (Å²) in [7, 11) is 0. The Morgan fingerprint density at radius 1 is 0.949 bits per heavy atom. The molecule has 196 valence electrons. The highest BCUT2D eigenvalue weighted by Crippen LogP contribution is 2.31. The third-order valence-electron chi connectivity index (χ3n) is 6.58. The van der Waals surface area contributed by atoms with Crippen LogP contribution in [0.1, 0.15) is 45.3 Å². The van der Waals surface area contributed by atoms with Gasteiger partial charge in [-0.3, -0.25) is 19.0 Å². The molecule has 1 amide bonds. The molecule has 0 radical (unpaired) electrons. The van der Waals surface area contributed by atoms with Crippen LogP contribution in [0.15, 0.2) is 108 Å². The van der Waals surface area contributed by atoms with Crippen molar-refractivity contribution < 1.29 is 4.79 Å². The Morgan fingerprint density at radius 2 is 1.69 bits per heavy atom. The van der Waals surface area contributed by atoms with Crippen LogP contribution >= 0.6 is 11.6 Å². The van der Waals surface area contributed by atoms with E-state index in [0.717, 1.165) is 5.56 Å². The van der Waals surface area contributed by atoms with Gasteiger partial charge in [-0.2, -0.15) is 0 Å². The highest BCUT2D eigenvalue weighted by Gasteiger charge is 2.33. The average molecular weight is 538 g/mol. The van der Waals surface area contributed by atoms with Gasteiger partial charge >= 0.3 is 0 Å². The van der Waals surface area contributed by atoms with Gasteiger partial charge in [0.25, 0.3) is 11.5 Å². The Kier molecular flexibility index (Phi) is 8.10. The standard InChI is InChI=1S/C31H28ClN5O2/c32-24-15-13-23(14-16-24)30(38)37(20-8-17-33)29(26-11-4-6-18-34-26)28-25(21-22-9-2-1-3-10-22)31(39)36-19-7-5-12-27(36)35-28/h1-7,9-16,18-19,29H,8,17,20-21,33H2. The quantitative estimate of drug-likeness (QED) is 0.288. The minimum absolute atomic E-state index is 0.182. The van der Waals surface area contributed by atoms with Crippen molar-refractivity contribution >= 4 is 23.2 Å². The number of hydrogen-bond acceptors (Lipinski definition) is 5. The zero-order valence-corrected chi connectivity index (χ0v) is 22.0. The molecule has 1 unspecified atom stereocenters. The molecule has 0 fully saturated rings. The Morgan fingerprint density at radius 3 is 2.41 bits per heavy atom. The van der Waals surface area contributed by atoms with Crippen molar-refractivity contribution in [3.8, 4) is 0 Å². The van der Waals surface area contributed by atoms with Gasteiger partial charge in [0.1, 0.15) is 11.7 Å². The van der Waals surface area contributed by atoms with E-state index >= 15 is 0 Å². The molecule has 0 spiro atoms. The van der Waals surface area contributed by atoms with Gasteiger partial charge in [0.15, 0.2) is 0 Å². The number of aromatic nitrogens is 3. The first-order valence-corrected chi connectivity index (χ1v) is 13.2. The molecule has 3 aromatic heterocycles. The smallest absolute Gasteiger partial charge is 0.261 e. The first-order valence-electron chi connectivity index (χ1n) is 12.8. The highest BCUT2D eigenvalue weighted by atomic mass is 35.5. The van der Waals surface area contributed by atoms with E-state index in [-0.39, 0.29) is 11.5 Å². The number of pyridine rings is 2. The topological polar surface area (TPSA) is 93.6 Å². The van der Waals surface area contributed by atoms with Crippen LogP contribution in [0.25, 0.3) is 5.65 Å². The van der Waals surface area contributed by atoms with E-state index in [4.69, 9.17) is 22.3 Å². The van der Waals surface area contributed by atoms with Gasteiger partial charge in [-0.1, -0.05) is 54.1 Å². The van der Waals surface area contributed by atoms with E-state index in [0.29, 0.717) is 59.1 Å². The van der Waals surface area contributed by atoms with Gasteiger partial charge in [0.2, 0.25) is 0 Å². The molecule has 0 saturated carbocycles. The lowest BCUT2D eigenvalue weighted by Crippen LogP contribution is -2.39. The van der Waals surface area contributed by atoms with Crippen LogP contribution in [0.5, 0.6) is 0 Å². The Hall–Kier alpha value is -4.33. The third-order valence-corrected chi connectivity index (χ3v) is 6.83. The van der Waals surface area contributed by atoms with Crippen LogP contribution in [0, 0.1) is 0 Å². The molecule has 3 heterocycles. The number of carbonyl (C=O) groups excluding carboxylic acids is 1. The van der Waals surface area contributed by atoms with Gasteiger partial charge in [0.05, 0.1) is 11.4 Å². The number of nitrogens with two attached hydrogens (primary N) is 1. The lowest BCUT2D eigenvalue weighted by atomic mass is 9.96. The number of rotatable bonds is 9. The molecule has 39 heavy (non-hydrogen) atoms. The largest absolute Gasteiger partial charge is 0.330 e. The SMILES string of the molecule is NCCCN(C(=O)c1ccc(Cl)cc1)C(c1ccccn1)c1nc2ccccn2c(=O)c1Cc1ccccc1. The van der Waals surface area contributed by atoms with E-state index in [1.54, 1.807) is 58.1 Å². The zero-order chi connectivity index (χ0) is 27.2. The van der Waals surface area contributed by atoms with Crippen LogP contribution in [-0.4, -0.2) is 38.3 Å². The van der Waals surface area contributed by atoms with Crippen molar-refractivity contribution in [1.29, 1.82) is 0 Å². The highest BCUT2D eigenvalue weighted by molar-refractivity contribution is 6.30. The summed E-state index contributed by atoms with van der Waals surface area (Å²) in [4.78, 5) is 39.4. The van der Waals surface area contributed by atoms with Gasteiger partial charge in [-0.25, -0.2) is 4.98 Å². The molecule has 5 aromatic rings. The number of carbonyl (C=O) groups is 1. The summed E-state index contributed by atoms with van der Waals surface area (Å²) in [6.07, 6.45) is 4.30. The van der Waals surface area contributed by atoms with Gasteiger partial charge in [0, 0.05) is 41.5 Å². The summed E-state index contributed by atoms with van der Waals surface area (Å²) in [6, 6.07) is 26.8. The van der Waals surface area contributed by atoms with Gasteiger partial charge < -0.3 is 10.6 Å².